The Balaban J connectivity index is 0.699. The molecule has 1 unspecified atom stereocenters. The molecule has 0 radical (unpaired) electrons. The van der Waals surface area contributed by atoms with Gasteiger partial charge in [0.25, 0.3) is 0 Å². The van der Waals surface area contributed by atoms with Crippen LogP contribution in [0.2, 0.25) is 0 Å². The lowest BCUT2D eigenvalue weighted by Gasteiger charge is -2.48. The number of benzene rings is 2. The normalized spacial score (nSPS) is 25.2. The van der Waals surface area contributed by atoms with Crippen LogP contribution in [0.4, 0.5) is 27.4 Å². The van der Waals surface area contributed by atoms with E-state index in [2.05, 4.69) is 62.8 Å². The minimum Gasteiger partial charge on any atom is -0.367 e. The Labute approximate surface area is 443 Å². The Morgan fingerprint density at radius 2 is 1.49 bits per heavy atom. The maximum atomic E-state index is 15.3. The number of carbonyl (C=O) groups is 5. The molecular weight excluding hydrogens is 962 g/mol. The fourth-order valence-corrected chi connectivity index (χ4v) is 13.7. The van der Waals surface area contributed by atoms with Gasteiger partial charge in [0.2, 0.25) is 29.5 Å². The van der Waals surface area contributed by atoms with Crippen molar-refractivity contribution in [2.45, 2.75) is 146 Å². The van der Waals surface area contributed by atoms with Crippen molar-refractivity contribution >= 4 is 63.6 Å². The standard InChI is InChI=1S/C59H70FN11O5/c1-36(2)70-35-62-49-33-48(65-54(53(49)70)64-47-9-5-4-8-46(47)60)39-14-17-45-50(30-39)71(43-31-42(32-43)67-24-6-3-7-25-67)58(76)59(45)22-28-69(29-23-59)57(75)38-12-10-37(11-13-38)56(74)68-26-20-41(21-27-68)63-51-18-15-40(34-61-51)44-16-19-52(72)66-55(44)73/h4-5,8-9,14-15,17-18,30,33-38,41-44H,3,6-7,10-13,16,19-29,31-32H2,1-2H3,(H,61,63)(H,64,65)(H,66,72,73)/t37-,38-,42-,43+,44?. The summed E-state index contributed by atoms with van der Waals surface area (Å²) in [6.07, 6.45) is 15.4. The highest BCUT2D eigenvalue weighted by Crippen LogP contribution is 2.52. The first-order valence-electron chi connectivity index (χ1n) is 28.2. The van der Waals surface area contributed by atoms with E-state index < -0.39 is 5.41 Å². The molecule has 4 saturated heterocycles. The maximum Gasteiger partial charge on any atom is 0.238 e. The van der Waals surface area contributed by atoms with Crippen molar-refractivity contribution in [3.05, 3.63) is 90.1 Å². The predicted molar refractivity (Wildman–Crippen MR) is 288 cm³/mol. The smallest absolute Gasteiger partial charge is 0.238 e. The van der Waals surface area contributed by atoms with E-state index in [9.17, 15) is 19.2 Å². The van der Waals surface area contributed by atoms with Gasteiger partial charge in [0.1, 0.15) is 17.2 Å². The van der Waals surface area contributed by atoms with Crippen LogP contribution in [0, 0.1) is 17.7 Å². The van der Waals surface area contributed by atoms with Crippen LogP contribution in [0.5, 0.6) is 0 Å². The summed E-state index contributed by atoms with van der Waals surface area (Å²) < 4.78 is 17.2. The van der Waals surface area contributed by atoms with Crippen molar-refractivity contribution in [2.24, 2.45) is 11.8 Å². The number of likely N-dealkylation sites (tertiary alicyclic amines) is 3. The van der Waals surface area contributed by atoms with Crippen LogP contribution >= 0.6 is 0 Å². The number of carbonyl (C=O) groups excluding carboxylic acids is 5. The Morgan fingerprint density at radius 3 is 2.16 bits per heavy atom. The third kappa shape index (κ3) is 9.39. The third-order valence-electron chi connectivity index (χ3n) is 18.2. The SMILES string of the molecule is CC(C)n1cnc2cc(-c3ccc4c(c3)N([C@H]3C[C@@H](N5CCCCC5)C3)C(=O)C43CCN(C(=O)[C@H]4CC[C@H](C(=O)N5CCC(Nc6ccc(C7CCC(=O)NC7=O)cn6)CC5)CC4)CC3)nc(Nc3ccccc3F)c21. The van der Waals surface area contributed by atoms with E-state index in [4.69, 9.17) is 9.97 Å². The van der Waals surface area contributed by atoms with Crippen LogP contribution in [0.3, 0.4) is 0 Å². The Kier molecular flexibility index (Phi) is 13.6. The van der Waals surface area contributed by atoms with Gasteiger partial charge in [-0.1, -0.05) is 36.8 Å². The lowest BCUT2D eigenvalue weighted by Crippen LogP contribution is -2.58. The monoisotopic (exact) mass is 1030 g/mol. The molecule has 0 bridgehead atoms. The number of aromatic nitrogens is 4. The molecule has 1 spiro atoms. The minimum atomic E-state index is -0.738. The number of imide groups is 1. The van der Waals surface area contributed by atoms with Gasteiger partial charge in [-0.25, -0.2) is 19.3 Å². The summed E-state index contributed by atoms with van der Waals surface area (Å²) in [4.78, 5) is 90.6. The first-order chi connectivity index (χ1) is 36.9. The first kappa shape index (κ1) is 50.1. The molecule has 398 valence electrons. The number of para-hydroxylation sites is 1. The van der Waals surface area contributed by atoms with Gasteiger partial charge < -0.3 is 34.8 Å². The van der Waals surface area contributed by atoms with Crippen LogP contribution in [-0.2, 0) is 29.4 Å². The van der Waals surface area contributed by atoms with Crippen LogP contribution < -0.4 is 20.9 Å². The average Bonchev–Trinajstić information content (AvgIpc) is 4.00. The minimum absolute atomic E-state index is 0.0826. The van der Waals surface area contributed by atoms with E-state index in [1.807, 2.05) is 32.6 Å². The summed E-state index contributed by atoms with van der Waals surface area (Å²) in [6.45, 7) is 8.72. The molecule has 2 aromatic carbocycles. The van der Waals surface area contributed by atoms with Gasteiger partial charge in [0.05, 0.1) is 34.6 Å². The molecule has 6 fully saturated rings. The Hall–Kier alpha value is -6.75. The second-order valence-electron chi connectivity index (χ2n) is 23.0. The zero-order valence-corrected chi connectivity index (χ0v) is 43.8. The van der Waals surface area contributed by atoms with Crippen molar-refractivity contribution in [1.82, 2.24) is 39.5 Å². The second-order valence-corrected chi connectivity index (χ2v) is 23.0. The Bertz CT molecular complexity index is 3030. The third-order valence-corrected chi connectivity index (χ3v) is 18.2. The number of rotatable bonds is 11. The number of halogens is 1. The molecule has 5 aromatic rings. The Morgan fingerprint density at radius 1 is 0.776 bits per heavy atom. The van der Waals surface area contributed by atoms with E-state index in [0.29, 0.717) is 101 Å². The molecule has 16 nitrogen and oxygen atoms in total. The summed E-state index contributed by atoms with van der Waals surface area (Å²) in [5, 5.41) is 9.21. The predicted octanol–water partition coefficient (Wildman–Crippen LogP) is 8.61. The lowest BCUT2D eigenvalue weighted by atomic mass is 9.72. The van der Waals surface area contributed by atoms with Crippen molar-refractivity contribution < 1.29 is 28.4 Å². The number of pyridine rings is 2. The number of imidazole rings is 1. The van der Waals surface area contributed by atoms with Crippen LogP contribution in [0.25, 0.3) is 22.3 Å². The van der Waals surface area contributed by atoms with Crippen LogP contribution in [0.15, 0.2) is 73.2 Å². The number of hydrogen-bond acceptors (Lipinski definition) is 11. The zero-order valence-electron chi connectivity index (χ0n) is 43.8. The highest BCUT2D eigenvalue weighted by molar-refractivity contribution is 6.09. The van der Waals surface area contributed by atoms with E-state index in [1.165, 1.54) is 25.3 Å². The van der Waals surface area contributed by atoms with E-state index >= 15 is 9.18 Å². The number of nitrogens with one attached hydrogen (secondary N) is 3. The molecule has 3 aromatic heterocycles. The summed E-state index contributed by atoms with van der Waals surface area (Å²) in [6, 6.07) is 19.5. The number of nitrogens with zero attached hydrogens (tertiary/aromatic N) is 8. The van der Waals surface area contributed by atoms with Gasteiger partial charge in [-0.05, 0) is 152 Å². The van der Waals surface area contributed by atoms with Gasteiger partial charge in [0, 0.05) is 86.1 Å². The molecule has 17 heteroatoms. The van der Waals surface area contributed by atoms with Crippen LogP contribution in [0.1, 0.15) is 133 Å². The van der Waals surface area contributed by atoms with Gasteiger partial charge >= 0.3 is 0 Å². The van der Waals surface area contributed by atoms with Gasteiger partial charge in [-0.3, -0.25) is 29.3 Å². The summed E-state index contributed by atoms with van der Waals surface area (Å²) in [5.74, 6) is 0.230. The van der Waals surface area contributed by atoms with Crippen molar-refractivity contribution in [2.75, 3.05) is 54.8 Å². The van der Waals surface area contributed by atoms with Crippen molar-refractivity contribution in [1.29, 1.82) is 0 Å². The first-order valence-corrected chi connectivity index (χ1v) is 28.2. The molecule has 5 aliphatic heterocycles. The topological polar surface area (TPSA) is 178 Å². The van der Waals surface area contributed by atoms with Crippen LogP contribution in [-0.4, -0.2) is 121 Å². The van der Waals surface area contributed by atoms with Crippen molar-refractivity contribution in [3.8, 4) is 11.3 Å². The molecule has 2 saturated carbocycles. The quantitative estimate of drug-likeness (QED) is 0.108. The molecule has 7 aliphatic rings. The number of anilines is 4. The maximum absolute atomic E-state index is 15.3. The highest BCUT2D eigenvalue weighted by Gasteiger charge is 2.56. The molecule has 76 heavy (non-hydrogen) atoms. The molecule has 5 amide bonds. The summed E-state index contributed by atoms with van der Waals surface area (Å²) in [7, 11) is 0. The van der Waals surface area contributed by atoms with Crippen molar-refractivity contribution in [3.63, 3.8) is 0 Å². The molecule has 3 N–H and O–H groups in total. The lowest BCUT2D eigenvalue weighted by molar-refractivity contribution is -0.143. The van der Waals surface area contributed by atoms with E-state index in [1.54, 1.807) is 30.7 Å². The number of piperidine rings is 4. The van der Waals surface area contributed by atoms with Gasteiger partial charge in [0.15, 0.2) is 5.82 Å². The van der Waals surface area contributed by atoms with Gasteiger partial charge in [-0.2, -0.15) is 0 Å². The molecule has 8 heterocycles. The molecule has 12 rings (SSSR count). The average molecular weight is 1030 g/mol. The largest absolute Gasteiger partial charge is 0.367 e. The highest BCUT2D eigenvalue weighted by atomic mass is 19.1. The number of fused-ring (bicyclic) bond motifs is 3. The fourth-order valence-electron chi connectivity index (χ4n) is 13.7. The zero-order chi connectivity index (χ0) is 52.2. The molecule has 1 atom stereocenters. The van der Waals surface area contributed by atoms with Gasteiger partial charge in [-0.15, -0.1) is 0 Å². The van der Waals surface area contributed by atoms with E-state index in [0.717, 1.165) is 78.0 Å². The molecular formula is C59H70FN11O5. The summed E-state index contributed by atoms with van der Waals surface area (Å²) in [5.41, 5.74) is 5.40. The van der Waals surface area contributed by atoms with E-state index in [-0.39, 0.29) is 71.2 Å². The summed E-state index contributed by atoms with van der Waals surface area (Å²) >= 11 is 0. The number of amides is 5. The number of hydrogen-bond donors (Lipinski definition) is 3. The molecule has 2 aliphatic carbocycles. The second kappa shape index (κ2) is 20.7. The fraction of sp³-hybridized carbons (Fsp3) is 0.525.